The smallest absolute Gasteiger partial charge is 0.294 e. The molecule has 0 atom stereocenters. The van der Waals surface area contributed by atoms with Gasteiger partial charge in [0, 0.05) is 10.7 Å². The maximum Gasteiger partial charge on any atom is 0.294 e. The number of rotatable bonds is 9. The number of amides is 4. The minimum absolute atomic E-state index is 0.151. The van der Waals surface area contributed by atoms with Crippen molar-refractivity contribution in [3.8, 4) is 11.5 Å². The van der Waals surface area contributed by atoms with E-state index in [2.05, 4.69) is 5.32 Å². The van der Waals surface area contributed by atoms with Crippen molar-refractivity contribution in [1.82, 2.24) is 4.90 Å². The summed E-state index contributed by atoms with van der Waals surface area (Å²) in [6.07, 6.45) is 1.50. The summed E-state index contributed by atoms with van der Waals surface area (Å²) < 4.78 is 11.2. The molecule has 2 aromatic rings. The van der Waals surface area contributed by atoms with Gasteiger partial charge in [-0.2, -0.15) is 0 Å². The molecule has 0 aliphatic carbocycles. The second-order valence-electron chi connectivity index (χ2n) is 6.72. The average molecular weight is 490 g/mol. The molecule has 1 heterocycles. The van der Waals surface area contributed by atoms with Crippen LogP contribution in [0.5, 0.6) is 11.5 Å². The van der Waals surface area contributed by atoms with Crippen LogP contribution in [0, 0.1) is 0 Å². The Balaban J connectivity index is 1.71. The Morgan fingerprint density at radius 2 is 1.94 bits per heavy atom. The van der Waals surface area contributed by atoms with Crippen molar-refractivity contribution >= 4 is 58.1 Å². The Morgan fingerprint density at radius 3 is 2.64 bits per heavy atom. The van der Waals surface area contributed by atoms with Crippen LogP contribution in [0.1, 0.15) is 12.5 Å². The number of imide groups is 1. The van der Waals surface area contributed by atoms with Crippen molar-refractivity contribution < 1.29 is 28.7 Å². The van der Waals surface area contributed by atoms with E-state index < -0.39 is 23.6 Å². The van der Waals surface area contributed by atoms with Crippen LogP contribution in [0.4, 0.5) is 10.5 Å². The largest absolute Gasteiger partial charge is 0.490 e. The maximum atomic E-state index is 12.4. The van der Waals surface area contributed by atoms with E-state index in [-0.39, 0.29) is 17.4 Å². The lowest BCUT2D eigenvalue weighted by molar-refractivity contribution is -0.127. The number of hydrogen-bond donors (Lipinski definition) is 2. The Bertz CT molecular complexity index is 1140. The van der Waals surface area contributed by atoms with Gasteiger partial charge < -0.3 is 20.5 Å². The lowest BCUT2D eigenvalue weighted by atomic mass is 10.2. The molecule has 0 spiro atoms. The van der Waals surface area contributed by atoms with Gasteiger partial charge in [-0.3, -0.25) is 24.1 Å². The number of ether oxygens (including phenoxy) is 2. The molecule has 2 aromatic carbocycles. The van der Waals surface area contributed by atoms with E-state index >= 15 is 0 Å². The lowest BCUT2D eigenvalue weighted by Gasteiger charge is -2.13. The molecule has 1 aliphatic heterocycles. The molecule has 0 radical (unpaired) electrons. The van der Waals surface area contributed by atoms with E-state index in [9.17, 15) is 19.2 Å². The SMILES string of the molecule is CCOc1cc(/C=C2\SC(=O)N(CC(N)=O)C2=O)ccc1OCC(=O)Nc1cccc(Cl)c1. The van der Waals surface area contributed by atoms with Gasteiger partial charge >= 0.3 is 0 Å². The van der Waals surface area contributed by atoms with Crippen LogP contribution < -0.4 is 20.5 Å². The van der Waals surface area contributed by atoms with Crippen molar-refractivity contribution in [2.75, 3.05) is 25.1 Å². The topological polar surface area (TPSA) is 128 Å². The van der Waals surface area contributed by atoms with E-state index in [0.717, 1.165) is 4.90 Å². The molecule has 0 saturated carbocycles. The molecular weight excluding hydrogens is 470 g/mol. The van der Waals surface area contributed by atoms with Gasteiger partial charge in [-0.1, -0.05) is 23.7 Å². The lowest BCUT2D eigenvalue weighted by Crippen LogP contribution is -2.36. The highest BCUT2D eigenvalue weighted by Gasteiger charge is 2.35. The number of benzene rings is 2. The number of anilines is 1. The van der Waals surface area contributed by atoms with Crippen LogP contribution >= 0.6 is 23.4 Å². The summed E-state index contributed by atoms with van der Waals surface area (Å²) in [5, 5.41) is 2.61. The van der Waals surface area contributed by atoms with Crippen LogP contribution in [0.3, 0.4) is 0 Å². The van der Waals surface area contributed by atoms with Crippen molar-refractivity contribution in [3.05, 3.63) is 58.0 Å². The van der Waals surface area contributed by atoms with Gasteiger partial charge in [0.05, 0.1) is 11.5 Å². The molecule has 0 bridgehead atoms. The zero-order valence-corrected chi connectivity index (χ0v) is 19.1. The fraction of sp³-hybridized carbons (Fsp3) is 0.182. The zero-order chi connectivity index (χ0) is 24.0. The van der Waals surface area contributed by atoms with Gasteiger partial charge in [0.25, 0.3) is 17.1 Å². The number of nitrogens with two attached hydrogens (primary N) is 1. The summed E-state index contributed by atoms with van der Waals surface area (Å²) in [4.78, 5) is 48.6. The first-order valence-corrected chi connectivity index (χ1v) is 10.9. The van der Waals surface area contributed by atoms with Crippen LogP contribution in [-0.2, 0) is 14.4 Å². The molecule has 3 rings (SSSR count). The van der Waals surface area contributed by atoms with Gasteiger partial charge in [0.2, 0.25) is 5.91 Å². The minimum Gasteiger partial charge on any atom is -0.490 e. The highest BCUT2D eigenvalue weighted by Crippen LogP contribution is 2.34. The number of primary amides is 1. The summed E-state index contributed by atoms with van der Waals surface area (Å²) in [5.74, 6) is -1.07. The Hall–Kier alpha value is -3.50. The fourth-order valence-electron chi connectivity index (χ4n) is 2.85. The number of halogens is 1. The average Bonchev–Trinajstić information content (AvgIpc) is 3.00. The second kappa shape index (κ2) is 10.9. The number of carbonyl (C=O) groups excluding carboxylic acids is 4. The quantitative estimate of drug-likeness (QED) is 0.517. The van der Waals surface area contributed by atoms with Crippen molar-refractivity contribution in [1.29, 1.82) is 0 Å². The molecule has 11 heteroatoms. The first-order valence-electron chi connectivity index (χ1n) is 9.75. The van der Waals surface area contributed by atoms with E-state index in [1.54, 1.807) is 49.4 Å². The molecule has 4 amide bonds. The summed E-state index contributed by atoms with van der Waals surface area (Å²) in [6.45, 7) is 1.38. The van der Waals surface area contributed by atoms with E-state index in [1.807, 2.05) is 0 Å². The third kappa shape index (κ3) is 6.50. The van der Waals surface area contributed by atoms with Crippen molar-refractivity contribution in [3.63, 3.8) is 0 Å². The third-order valence-electron chi connectivity index (χ3n) is 4.22. The number of hydrogen-bond acceptors (Lipinski definition) is 7. The third-order valence-corrected chi connectivity index (χ3v) is 5.36. The summed E-state index contributed by atoms with van der Waals surface area (Å²) in [7, 11) is 0. The maximum absolute atomic E-state index is 12.4. The van der Waals surface area contributed by atoms with Gasteiger partial charge in [0.15, 0.2) is 18.1 Å². The number of nitrogens with zero attached hydrogens (tertiary/aromatic N) is 1. The summed E-state index contributed by atoms with van der Waals surface area (Å²) >= 11 is 6.63. The molecule has 33 heavy (non-hydrogen) atoms. The molecule has 0 unspecified atom stereocenters. The van der Waals surface area contributed by atoms with E-state index in [0.29, 0.717) is 46.1 Å². The summed E-state index contributed by atoms with van der Waals surface area (Å²) in [6, 6.07) is 11.6. The Morgan fingerprint density at radius 1 is 1.15 bits per heavy atom. The number of thioether (sulfide) groups is 1. The molecule has 1 saturated heterocycles. The molecule has 172 valence electrons. The van der Waals surface area contributed by atoms with Gasteiger partial charge in [-0.25, -0.2) is 0 Å². The molecule has 0 aromatic heterocycles. The molecule has 9 nitrogen and oxygen atoms in total. The van der Waals surface area contributed by atoms with Crippen LogP contribution in [0.25, 0.3) is 6.08 Å². The normalized spacial score (nSPS) is 14.5. The first-order chi connectivity index (χ1) is 15.8. The van der Waals surface area contributed by atoms with Gasteiger partial charge in [0.1, 0.15) is 6.54 Å². The molecule has 1 fully saturated rings. The second-order valence-corrected chi connectivity index (χ2v) is 8.15. The zero-order valence-electron chi connectivity index (χ0n) is 17.5. The summed E-state index contributed by atoms with van der Waals surface area (Å²) in [5.41, 5.74) is 6.20. The van der Waals surface area contributed by atoms with Gasteiger partial charge in [-0.15, -0.1) is 0 Å². The highest BCUT2D eigenvalue weighted by atomic mass is 35.5. The van der Waals surface area contributed by atoms with Crippen molar-refractivity contribution in [2.24, 2.45) is 5.73 Å². The number of carbonyl (C=O) groups is 4. The van der Waals surface area contributed by atoms with Crippen LogP contribution in [-0.4, -0.2) is 47.6 Å². The van der Waals surface area contributed by atoms with Crippen LogP contribution in [0.15, 0.2) is 47.4 Å². The van der Waals surface area contributed by atoms with Crippen LogP contribution in [0.2, 0.25) is 5.02 Å². The predicted octanol–water partition coefficient (Wildman–Crippen LogP) is 3.28. The monoisotopic (exact) mass is 489 g/mol. The molecular formula is C22H20ClN3O6S. The predicted molar refractivity (Wildman–Crippen MR) is 125 cm³/mol. The van der Waals surface area contributed by atoms with Crippen molar-refractivity contribution in [2.45, 2.75) is 6.92 Å². The molecule has 1 aliphatic rings. The number of nitrogens with one attached hydrogen (secondary N) is 1. The van der Waals surface area contributed by atoms with E-state index in [1.165, 1.54) is 6.08 Å². The first kappa shape index (κ1) is 24.1. The standard InChI is InChI=1S/C22H20ClN3O6S/c1-2-31-17-8-13(9-18-21(29)26(11-19(24)27)22(30)33-18)6-7-16(17)32-12-20(28)25-15-5-3-4-14(23)10-15/h3-10H,2,11-12H2,1H3,(H2,24,27)(H,25,28)/b18-9-. The highest BCUT2D eigenvalue weighted by molar-refractivity contribution is 8.18. The van der Waals surface area contributed by atoms with E-state index in [4.69, 9.17) is 26.8 Å². The molecule has 3 N–H and O–H groups in total. The van der Waals surface area contributed by atoms with Gasteiger partial charge in [-0.05, 0) is 60.7 Å². The fourth-order valence-corrected chi connectivity index (χ4v) is 3.88. The minimum atomic E-state index is -0.780. The Kier molecular flexibility index (Phi) is 7.96. The Labute approximate surface area is 198 Å².